The van der Waals surface area contributed by atoms with Crippen LogP contribution in [0.5, 0.6) is 0 Å². The molecule has 80 valence electrons. The highest BCUT2D eigenvalue weighted by Gasteiger charge is 2.01. The molecular formula is C12H20O2. The molecule has 0 aromatic rings. The Labute approximate surface area is 86.3 Å². The average Bonchev–Trinajstić information content (AvgIpc) is 2.20. The molecule has 0 amide bonds. The van der Waals surface area contributed by atoms with Crippen molar-refractivity contribution in [2.24, 2.45) is 0 Å². The van der Waals surface area contributed by atoms with Crippen molar-refractivity contribution < 1.29 is 9.53 Å². The molecule has 0 spiro atoms. The van der Waals surface area contributed by atoms with Gasteiger partial charge in [0.1, 0.15) is 6.61 Å². The Morgan fingerprint density at radius 3 is 2.50 bits per heavy atom. The van der Waals surface area contributed by atoms with E-state index in [0.29, 0.717) is 13.0 Å². The predicted molar refractivity (Wildman–Crippen MR) is 57.0 cm³/mol. The number of cyclic esters (lactones) is 1. The number of esters is 1. The van der Waals surface area contributed by atoms with Crippen LogP contribution in [0.15, 0.2) is 12.2 Å². The smallest absolute Gasteiger partial charge is 0.306 e. The van der Waals surface area contributed by atoms with Crippen molar-refractivity contribution in [2.75, 3.05) is 6.61 Å². The molecule has 0 saturated heterocycles. The van der Waals surface area contributed by atoms with Crippen molar-refractivity contribution in [3.05, 3.63) is 12.2 Å². The van der Waals surface area contributed by atoms with Crippen LogP contribution in [0.3, 0.4) is 0 Å². The van der Waals surface area contributed by atoms with Gasteiger partial charge in [-0.25, -0.2) is 0 Å². The Bertz CT molecular complexity index is 185. The second kappa shape index (κ2) is 7.60. The van der Waals surface area contributed by atoms with E-state index < -0.39 is 0 Å². The van der Waals surface area contributed by atoms with Crippen molar-refractivity contribution in [2.45, 2.75) is 51.4 Å². The van der Waals surface area contributed by atoms with E-state index in [2.05, 4.69) is 6.08 Å². The molecule has 1 aliphatic rings. The molecule has 14 heavy (non-hydrogen) atoms. The lowest BCUT2D eigenvalue weighted by Crippen LogP contribution is -2.03. The SMILES string of the molecule is O=C1CCCCCCCCC=CCO1. The van der Waals surface area contributed by atoms with Gasteiger partial charge in [-0.3, -0.25) is 4.79 Å². The van der Waals surface area contributed by atoms with Gasteiger partial charge in [0.25, 0.3) is 0 Å². The molecule has 0 atom stereocenters. The molecule has 2 heteroatoms. The number of hydrogen-bond acceptors (Lipinski definition) is 2. The first-order valence-corrected chi connectivity index (χ1v) is 5.70. The van der Waals surface area contributed by atoms with Gasteiger partial charge < -0.3 is 4.74 Å². The summed E-state index contributed by atoms with van der Waals surface area (Å²) >= 11 is 0. The van der Waals surface area contributed by atoms with E-state index in [1.54, 1.807) is 0 Å². The lowest BCUT2D eigenvalue weighted by atomic mass is 10.1. The Balaban J connectivity index is 2.23. The summed E-state index contributed by atoms with van der Waals surface area (Å²) in [5.41, 5.74) is 0. The van der Waals surface area contributed by atoms with Crippen molar-refractivity contribution >= 4 is 5.97 Å². The first kappa shape index (κ1) is 11.3. The number of rotatable bonds is 0. The third-order valence-electron chi connectivity index (χ3n) is 2.51. The fourth-order valence-corrected chi connectivity index (χ4v) is 1.64. The Kier molecular flexibility index (Phi) is 6.13. The Hall–Kier alpha value is -0.790. The van der Waals surface area contributed by atoms with E-state index in [-0.39, 0.29) is 5.97 Å². The van der Waals surface area contributed by atoms with Crippen molar-refractivity contribution in [1.82, 2.24) is 0 Å². The lowest BCUT2D eigenvalue weighted by molar-refractivity contribution is -0.142. The van der Waals surface area contributed by atoms with Gasteiger partial charge in [-0.2, -0.15) is 0 Å². The normalized spacial score (nSPS) is 21.6. The van der Waals surface area contributed by atoms with E-state index in [9.17, 15) is 4.79 Å². The first-order valence-electron chi connectivity index (χ1n) is 5.70. The van der Waals surface area contributed by atoms with Crippen LogP contribution in [0.1, 0.15) is 51.4 Å². The van der Waals surface area contributed by atoms with E-state index in [0.717, 1.165) is 12.8 Å². The van der Waals surface area contributed by atoms with Gasteiger partial charge in [0.2, 0.25) is 0 Å². The number of carbonyl (C=O) groups is 1. The molecule has 0 aliphatic carbocycles. The number of hydrogen-bond donors (Lipinski definition) is 0. The molecule has 0 unspecified atom stereocenters. The zero-order valence-corrected chi connectivity index (χ0v) is 8.84. The maximum atomic E-state index is 11.1. The monoisotopic (exact) mass is 196 g/mol. The molecule has 0 bridgehead atoms. The van der Waals surface area contributed by atoms with Gasteiger partial charge in [0, 0.05) is 6.42 Å². The van der Waals surface area contributed by atoms with Gasteiger partial charge in [0.05, 0.1) is 0 Å². The molecule has 0 N–H and O–H groups in total. The molecular weight excluding hydrogens is 176 g/mol. The van der Waals surface area contributed by atoms with Gasteiger partial charge in [-0.1, -0.05) is 37.8 Å². The predicted octanol–water partition coefficient (Wildman–Crippen LogP) is 3.22. The van der Waals surface area contributed by atoms with E-state index in [1.807, 2.05) is 6.08 Å². The molecule has 1 rings (SSSR count). The van der Waals surface area contributed by atoms with Crippen molar-refractivity contribution in [3.8, 4) is 0 Å². The maximum Gasteiger partial charge on any atom is 0.306 e. The molecule has 0 saturated carbocycles. The highest BCUT2D eigenvalue weighted by atomic mass is 16.5. The summed E-state index contributed by atoms with van der Waals surface area (Å²) < 4.78 is 5.03. The zero-order chi connectivity index (χ0) is 10.1. The molecule has 0 aromatic carbocycles. The van der Waals surface area contributed by atoms with E-state index >= 15 is 0 Å². The summed E-state index contributed by atoms with van der Waals surface area (Å²) in [7, 11) is 0. The minimum Gasteiger partial charge on any atom is -0.461 e. The topological polar surface area (TPSA) is 26.3 Å². The fourth-order valence-electron chi connectivity index (χ4n) is 1.64. The third-order valence-corrected chi connectivity index (χ3v) is 2.51. The number of ether oxygens (including phenoxy) is 1. The minimum atomic E-state index is -0.0473. The lowest BCUT2D eigenvalue weighted by Gasteiger charge is -2.01. The third kappa shape index (κ3) is 5.79. The number of carbonyl (C=O) groups excluding carboxylic acids is 1. The molecule has 0 fully saturated rings. The summed E-state index contributed by atoms with van der Waals surface area (Å²) in [4.78, 5) is 11.1. The van der Waals surface area contributed by atoms with Crippen LogP contribution in [0, 0.1) is 0 Å². The molecule has 0 radical (unpaired) electrons. The van der Waals surface area contributed by atoms with Crippen molar-refractivity contribution in [1.29, 1.82) is 0 Å². The van der Waals surface area contributed by atoms with Crippen LogP contribution in [-0.4, -0.2) is 12.6 Å². The number of allylic oxidation sites excluding steroid dienone is 1. The average molecular weight is 196 g/mol. The second-order valence-electron chi connectivity index (χ2n) is 3.81. The van der Waals surface area contributed by atoms with Gasteiger partial charge in [0.15, 0.2) is 0 Å². The van der Waals surface area contributed by atoms with Crippen LogP contribution < -0.4 is 0 Å². The molecule has 1 heterocycles. The first-order chi connectivity index (χ1) is 6.89. The Morgan fingerprint density at radius 2 is 1.64 bits per heavy atom. The standard InChI is InChI=1S/C12H20O2/c13-12-10-8-6-4-2-1-3-5-7-9-11-14-12/h7,9H,1-6,8,10-11H2. The van der Waals surface area contributed by atoms with Gasteiger partial charge in [-0.15, -0.1) is 0 Å². The van der Waals surface area contributed by atoms with Crippen LogP contribution in [-0.2, 0) is 9.53 Å². The second-order valence-corrected chi connectivity index (χ2v) is 3.81. The maximum absolute atomic E-state index is 11.1. The van der Waals surface area contributed by atoms with E-state index in [4.69, 9.17) is 4.74 Å². The van der Waals surface area contributed by atoms with Gasteiger partial charge in [-0.05, 0) is 19.3 Å². The summed E-state index contributed by atoms with van der Waals surface area (Å²) in [5.74, 6) is -0.0473. The van der Waals surface area contributed by atoms with Gasteiger partial charge >= 0.3 is 5.97 Å². The Morgan fingerprint density at radius 1 is 0.929 bits per heavy atom. The largest absolute Gasteiger partial charge is 0.461 e. The molecule has 0 aromatic heterocycles. The van der Waals surface area contributed by atoms with Crippen LogP contribution in [0.2, 0.25) is 0 Å². The van der Waals surface area contributed by atoms with E-state index in [1.165, 1.54) is 32.1 Å². The van der Waals surface area contributed by atoms with Crippen LogP contribution in [0.4, 0.5) is 0 Å². The highest BCUT2D eigenvalue weighted by molar-refractivity contribution is 5.69. The summed E-state index contributed by atoms with van der Waals surface area (Å²) in [6.07, 6.45) is 13.1. The quantitative estimate of drug-likeness (QED) is 0.439. The van der Waals surface area contributed by atoms with Crippen LogP contribution in [0.25, 0.3) is 0 Å². The summed E-state index contributed by atoms with van der Waals surface area (Å²) in [6.45, 7) is 0.457. The zero-order valence-electron chi connectivity index (χ0n) is 8.84. The minimum absolute atomic E-state index is 0.0473. The van der Waals surface area contributed by atoms with Crippen LogP contribution >= 0.6 is 0 Å². The highest BCUT2D eigenvalue weighted by Crippen LogP contribution is 2.10. The fraction of sp³-hybridized carbons (Fsp3) is 0.750. The summed E-state index contributed by atoms with van der Waals surface area (Å²) in [5, 5.41) is 0. The molecule has 1 aliphatic heterocycles. The molecule has 2 nitrogen and oxygen atoms in total. The summed E-state index contributed by atoms with van der Waals surface area (Å²) in [6, 6.07) is 0. The van der Waals surface area contributed by atoms with Crippen molar-refractivity contribution in [3.63, 3.8) is 0 Å².